The molecule has 0 aliphatic carbocycles. The van der Waals surface area contributed by atoms with E-state index in [9.17, 15) is 13.2 Å². The molecule has 0 spiro atoms. The lowest BCUT2D eigenvalue weighted by Gasteiger charge is -2.12. The zero-order valence-corrected chi connectivity index (χ0v) is 10.1. The predicted molar refractivity (Wildman–Crippen MR) is 59.6 cm³/mol. The molecule has 1 unspecified atom stereocenters. The maximum absolute atomic E-state index is 12.3. The van der Waals surface area contributed by atoms with Gasteiger partial charge in [-0.3, -0.25) is 4.68 Å². The predicted octanol–water partition coefficient (Wildman–Crippen LogP) is 2.68. The van der Waals surface area contributed by atoms with Crippen LogP contribution in [0.4, 0.5) is 13.2 Å². The summed E-state index contributed by atoms with van der Waals surface area (Å²) in [4.78, 5) is 0. The lowest BCUT2D eigenvalue weighted by molar-refractivity contribution is -0.137. The number of hydrogen-bond donors (Lipinski definition) is 1. The first-order valence-corrected chi connectivity index (χ1v) is 5.76. The summed E-state index contributed by atoms with van der Waals surface area (Å²) in [6.45, 7) is 5.24. The summed E-state index contributed by atoms with van der Waals surface area (Å²) in [7, 11) is 0. The van der Waals surface area contributed by atoms with Gasteiger partial charge in [0.1, 0.15) is 0 Å². The second kappa shape index (κ2) is 6.05. The quantitative estimate of drug-likeness (QED) is 0.840. The fraction of sp³-hybridized carbons (Fsp3) is 0.727. The third-order valence-corrected chi connectivity index (χ3v) is 2.52. The maximum Gasteiger partial charge on any atom is 0.419 e. The molecule has 0 aliphatic rings. The van der Waals surface area contributed by atoms with E-state index in [4.69, 9.17) is 0 Å². The highest BCUT2D eigenvalue weighted by Gasteiger charge is 2.32. The number of aromatic nitrogens is 2. The minimum atomic E-state index is -4.30. The largest absolute Gasteiger partial charge is 0.419 e. The van der Waals surface area contributed by atoms with Gasteiger partial charge in [-0.15, -0.1) is 0 Å². The molecule has 6 heteroatoms. The summed E-state index contributed by atoms with van der Waals surface area (Å²) in [5.74, 6) is 0. The summed E-state index contributed by atoms with van der Waals surface area (Å²) in [5, 5.41) is 6.92. The molecule has 0 fully saturated rings. The van der Waals surface area contributed by atoms with Gasteiger partial charge in [0.25, 0.3) is 0 Å². The Morgan fingerprint density at radius 1 is 1.47 bits per heavy atom. The Morgan fingerprint density at radius 2 is 2.18 bits per heavy atom. The molecule has 0 aliphatic heterocycles. The van der Waals surface area contributed by atoms with Gasteiger partial charge in [0.05, 0.1) is 18.3 Å². The Morgan fingerprint density at radius 3 is 2.71 bits per heavy atom. The molecule has 1 atom stereocenters. The van der Waals surface area contributed by atoms with Crippen LogP contribution < -0.4 is 5.32 Å². The standard InChI is InChI=1S/C11H18F3N3/c1-3-4-9(2)15-5-6-17-8-10(7-16-17)11(12,13)14/h7-9,15H,3-6H2,1-2H3. The topological polar surface area (TPSA) is 29.9 Å². The number of halogens is 3. The van der Waals surface area contributed by atoms with Gasteiger partial charge in [0.15, 0.2) is 0 Å². The fourth-order valence-corrected chi connectivity index (χ4v) is 1.59. The van der Waals surface area contributed by atoms with Crippen molar-refractivity contribution in [2.24, 2.45) is 0 Å². The monoisotopic (exact) mass is 249 g/mol. The van der Waals surface area contributed by atoms with Crippen molar-refractivity contribution in [1.29, 1.82) is 0 Å². The third-order valence-electron chi connectivity index (χ3n) is 2.52. The first kappa shape index (κ1) is 14.0. The van der Waals surface area contributed by atoms with Crippen LogP contribution in [0.25, 0.3) is 0 Å². The Kier molecular flexibility index (Phi) is 4.99. The molecule has 3 nitrogen and oxygen atoms in total. The van der Waals surface area contributed by atoms with Crippen LogP contribution >= 0.6 is 0 Å². The zero-order chi connectivity index (χ0) is 12.9. The zero-order valence-electron chi connectivity index (χ0n) is 10.1. The molecular formula is C11H18F3N3. The van der Waals surface area contributed by atoms with Crippen LogP contribution in [0.1, 0.15) is 32.3 Å². The molecule has 0 amide bonds. The van der Waals surface area contributed by atoms with E-state index in [2.05, 4.69) is 24.3 Å². The van der Waals surface area contributed by atoms with Crippen LogP contribution in [-0.2, 0) is 12.7 Å². The van der Waals surface area contributed by atoms with Crippen LogP contribution in [0, 0.1) is 0 Å². The number of nitrogens with one attached hydrogen (secondary N) is 1. The van der Waals surface area contributed by atoms with E-state index in [0.717, 1.165) is 25.2 Å². The second-order valence-electron chi connectivity index (χ2n) is 4.13. The Hall–Kier alpha value is -1.04. The normalized spacial score (nSPS) is 13.9. The van der Waals surface area contributed by atoms with Crippen molar-refractivity contribution in [2.75, 3.05) is 6.54 Å². The van der Waals surface area contributed by atoms with E-state index in [1.165, 1.54) is 4.68 Å². The minimum absolute atomic E-state index is 0.387. The molecule has 1 aromatic rings. The Labute approximate surface area is 99.0 Å². The van der Waals surface area contributed by atoms with E-state index < -0.39 is 11.7 Å². The molecule has 1 aromatic heterocycles. The van der Waals surface area contributed by atoms with Crippen molar-refractivity contribution in [3.05, 3.63) is 18.0 Å². The van der Waals surface area contributed by atoms with Crippen LogP contribution in [0.15, 0.2) is 12.4 Å². The van der Waals surface area contributed by atoms with E-state index >= 15 is 0 Å². The number of nitrogens with zero attached hydrogens (tertiary/aromatic N) is 2. The summed E-state index contributed by atoms with van der Waals surface area (Å²) in [5.41, 5.74) is -0.695. The van der Waals surface area contributed by atoms with Gasteiger partial charge in [0.2, 0.25) is 0 Å². The van der Waals surface area contributed by atoms with Crippen LogP contribution in [0.2, 0.25) is 0 Å². The highest BCUT2D eigenvalue weighted by atomic mass is 19.4. The molecule has 0 saturated carbocycles. The van der Waals surface area contributed by atoms with Crippen molar-refractivity contribution in [3.63, 3.8) is 0 Å². The lowest BCUT2D eigenvalue weighted by Crippen LogP contribution is -2.29. The molecule has 0 bridgehead atoms. The first-order chi connectivity index (χ1) is 7.93. The molecule has 1 rings (SSSR count). The molecule has 0 saturated heterocycles. The van der Waals surface area contributed by atoms with Gasteiger partial charge in [0, 0.05) is 18.8 Å². The van der Waals surface area contributed by atoms with E-state index in [1.54, 1.807) is 0 Å². The lowest BCUT2D eigenvalue weighted by atomic mass is 10.2. The molecule has 17 heavy (non-hydrogen) atoms. The highest BCUT2D eigenvalue weighted by Crippen LogP contribution is 2.28. The van der Waals surface area contributed by atoms with Crippen LogP contribution in [-0.4, -0.2) is 22.4 Å². The molecular weight excluding hydrogens is 231 g/mol. The summed E-state index contributed by atoms with van der Waals surface area (Å²) in [6, 6.07) is 0.387. The minimum Gasteiger partial charge on any atom is -0.312 e. The van der Waals surface area contributed by atoms with Crippen molar-refractivity contribution < 1.29 is 13.2 Å². The third kappa shape index (κ3) is 4.77. The van der Waals surface area contributed by atoms with Crippen molar-refractivity contribution in [1.82, 2.24) is 15.1 Å². The molecule has 0 radical (unpaired) electrons. The molecule has 98 valence electrons. The van der Waals surface area contributed by atoms with Gasteiger partial charge in [-0.25, -0.2) is 0 Å². The molecule has 0 aromatic carbocycles. The SMILES string of the molecule is CCCC(C)NCCn1cc(C(F)(F)F)cn1. The maximum atomic E-state index is 12.3. The number of rotatable bonds is 6. The van der Waals surface area contributed by atoms with Crippen LogP contribution in [0.3, 0.4) is 0 Å². The highest BCUT2D eigenvalue weighted by molar-refractivity contribution is 5.08. The van der Waals surface area contributed by atoms with Crippen LogP contribution in [0.5, 0.6) is 0 Å². The Bertz CT molecular complexity index is 333. The van der Waals surface area contributed by atoms with Crippen molar-refractivity contribution in [3.8, 4) is 0 Å². The van der Waals surface area contributed by atoms with Crippen molar-refractivity contribution in [2.45, 2.75) is 45.5 Å². The van der Waals surface area contributed by atoms with Gasteiger partial charge in [-0.05, 0) is 13.3 Å². The molecule has 1 heterocycles. The number of alkyl halides is 3. The van der Waals surface area contributed by atoms with Gasteiger partial charge in [-0.2, -0.15) is 18.3 Å². The van der Waals surface area contributed by atoms with E-state index in [0.29, 0.717) is 19.1 Å². The van der Waals surface area contributed by atoms with Gasteiger partial charge in [-0.1, -0.05) is 13.3 Å². The average molecular weight is 249 g/mol. The summed E-state index contributed by atoms with van der Waals surface area (Å²) in [6.07, 6.45) is -0.260. The van der Waals surface area contributed by atoms with E-state index in [1.807, 2.05) is 0 Å². The fourth-order valence-electron chi connectivity index (χ4n) is 1.59. The summed E-state index contributed by atoms with van der Waals surface area (Å²) < 4.78 is 38.2. The van der Waals surface area contributed by atoms with E-state index in [-0.39, 0.29) is 0 Å². The average Bonchev–Trinajstić information content (AvgIpc) is 2.66. The first-order valence-electron chi connectivity index (χ1n) is 5.76. The molecule has 1 N–H and O–H groups in total. The smallest absolute Gasteiger partial charge is 0.312 e. The van der Waals surface area contributed by atoms with Crippen molar-refractivity contribution >= 4 is 0 Å². The van der Waals surface area contributed by atoms with Gasteiger partial charge < -0.3 is 5.32 Å². The Balaban J connectivity index is 2.35. The second-order valence-corrected chi connectivity index (χ2v) is 4.13. The summed E-state index contributed by atoms with van der Waals surface area (Å²) >= 11 is 0. The van der Waals surface area contributed by atoms with Gasteiger partial charge >= 0.3 is 6.18 Å². The number of hydrogen-bond acceptors (Lipinski definition) is 2.